The molecule has 1 atom stereocenters. The van der Waals surface area contributed by atoms with Gasteiger partial charge in [-0.2, -0.15) is 0 Å². The van der Waals surface area contributed by atoms with Crippen LogP contribution in [0.4, 0.5) is 0 Å². The van der Waals surface area contributed by atoms with Crippen molar-refractivity contribution in [1.29, 1.82) is 0 Å². The number of para-hydroxylation sites is 1. The Morgan fingerprint density at radius 3 is 2.62 bits per heavy atom. The van der Waals surface area contributed by atoms with Crippen LogP contribution >= 0.6 is 0 Å². The van der Waals surface area contributed by atoms with E-state index in [2.05, 4.69) is 35.5 Å². The average molecular weight is 290 g/mol. The number of nitrogens with one attached hydrogen (secondary N) is 1. The maximum absolute atomic E-state index is 5.79. The molecule has 2 rings (SSSR count). The molecule has 0 aliphatic heterocycles. The summed E-state index contributed by atoms with van der Waals surface area (Å²) in [7, 11) is 4.31. The minimum Gasteiger partial charge on any atom is -0.494 e. The van der Waals surface area contributed by atoms with Gasteiger partial charge in [0.25, 0.3) is 0 Å². The third-order valence-electron chi connectivity index (χ3n) is 4.61. The summed E-state index contributed by atoms with van der Waals surface area (Å²) in [5.74, 6) is 1.01. The molecule has 118 valence electrons. The van der Waals surface area contributed by atoms with Gasteiger partial charge in [0.2, 0.25) is 0 Å². The van der Waals surface area contributed by atoms with Crippen LogP contribution in [0.1, 0.15) is 50.6 Å². The molecule has 0 radical (unpaired) electrons. The molecule has 1 aliphatic rings. The van der Waals surface area contributed by atoms with E-state index in [1.165, 1.54) is 37.7 Å². The third kappa shape index (κ3) is 4.45. The van der Waals surface area contributed by atoms with E-state index in [0.29, 0.717) is 12.6 Å². The van der Waals surface area contributed by atoms with Crippen molar-refractivity contribution in [3.63, 3.8) is 0 Å². The predicted molar refractivity (Wildman–Crippen MR) is 88.9 cm³/mol. The SMILES string of the molecule is CCOc1ccccc1C(CN(C)C1CCCCC1)NC. The third-order valence-corrected chi connectivity index (χ3v) is 4.61. The molecule has 0 amide bonds. The highest BCUT2D eigenvalue weighted by atomic mass is 16.5. The maximum atomic E-state index is 5.79. The molecule has 1 fully saturated rings. The lowest BCUT2D eigenvalue weighted by atomic mass is 9.94. The first-order chi connectivity index (χ1) is 10.3. The second-order valence-corrected chi connectivity index (χ2v) is 6.04. The molecule has 1 aliphatic carbocycles. The van der Waals surface area contributed by atoms with E-state index < -0.39 is 0 Å². The summed E-state index contributed by atoms with van der Waals surface area (Å²) in [6.07, 6.45) is 6.87. The van der Waals surface area contributed by atoms with E-state index in [-0.39, 0.29) is 0 Å². The molecular weight excluding hydrogens is 260 g/mol. The van der Waals surface area contributed by atoms with E-state index in [1.807, 2.05) is 20.0 Å². The first-order valence-corrected chi connectivity index (χ1v) is 8.35. The Labute approximate surface area is 129 Å². The normalized spacial score (nSPS) is 17.9. The summed E-state index contributed by atoms with van der Waals surface area (Å²) in [6, 6.07) is 9.47. The van der Waals surface area contributed by atoms with E-state index >= 15 is 0 Å². The lowest BCUT2D eigenvalue weighted by Gasteiger charge is -2.34. The van der Waals surface area contributed by atoms with E-state index in [0.717, 1.165) is 18.3 Å². The number of hydrogen-bond donors (Lipinski definition) is 1. The number of benzene rings is 1. The van der Waals surface area contributed by atoms with Crippen LogP contribution in [0, 0.1) is 0 Å². The Morgan fingerprint density at radius 1 is 1.24 bits per heavy atom. The van der Waals surface area contributed by atoms with Crippen molar-refractivity contribution in [3.05, 3.63) is 29.8 Å². The first-order valence-electron chi connectivity index (χ1n) is 8.35. The summed E-state index contributed by atoms with van der Waals surface area (Å²) in [4.78, 5) is 2.53. The molecule has 3 nitrogen and oxygen atoms in total. The molecule has 0 heterocycles. The standard InChI is InChI=1S/C18H30N2O/c1-4-21-18-13-9-8-12-16(18)17(19-2)14-20(3)15-10-6-5-7-11-15/h8-9,12-13,15,17,19H,4-7,10-11,14H2,1-3H3. The van der Waals surface area contributed by atoms with Crippen LogP contribution in [-0.4, -0.2) is 38.2 Å². The summed E-state index contributed by atoms with van der Waals surface area (Å²) in [5, 5.41) is 3.47. The summed E-state index contributed by atoms with van der Waals surface area (Å²) in [6.45, 7) is 3.79. The lowest BCUT2D eigenvalue weighted by Crippen LogP contribution is -2.39. The first kappa shape index (κ1) is 16.3. The fraction of sp³-hybridized carbons (Fsp3) is 0.667. The highest BCUT2D eigenvalue weighted by molar-refractivity contribution is 5.36. The predicted octanol–water partition coefficient (Wildman–Crippen LogP) is 3.61. The minimum atomic E-state index is 0.319. The molecule has 0 saturated heterocycles. The topological polar surface area (TPSA) is 24.5 Å². The van der Waals surface area contributed by atoms with Crippen LogP contribution in [0.5, 0.6) is 5.75 Å². The molecule has 1 saturated carbocycles. The fourth-order valence-corrected chi connectivity index (χ4v) is 3.36. The quantitative estimate of drug-likeness (QED) is 0.830. The van der Waals surface area contributed by atoms with Crippen LogP contribution in [0.25, 0.3) is 0 Å². The number of nitrogens with zero attached hydrogens (tertiary/aromatic N) is 1. The van der Waals surface area contributed by atoms with Gasteiger partial charge in [0.05, 0.1) is 6.61 Å². The lowest BCUT2D eigenvalue weighted by molar-refractivity contribution is 0.175. The Morgan fingerprint density at radius 2 is 1.95 bits per heavy atom. The van der Waals surface area contributed by atoms with Gasteiger partial charge < -0.3 is 15.0 Å². The van der Waals surface area contributed by atoms with Gasteiger partial charge in [-0.3, -0.25) is 0 Å². The van der Waals surface area contributed by atoms with Gasteiger partial charge in [0.1, 0.15) is 5.75 Å². The number of hydrogen-bond acceptors (Lipinski definition) is 3. The molecule has 0 aromatic heterocycles. The fourth-order valence-electron chi connectivity index (χ4n) is 3.36. The van der Waals surface area contributed by atoms with Crippen molar-refractivity contribution >= 4 is 0 Å². The Balaban J connectivity index is 2.05. The van der Waals surface area contributed by atoms with E-state index in [9.17, 15) is 0 Å². The van der Waals surface area contributed by atoms with Crippen molar-refractivity contribution in [2.75, 3.05) is 27.2 Å². The average Bonchev–Trinajstić information content (AvgIpc) is 2.54. The highest BCUT2D eigenvalue weighted by Gasteiger charge is 2.22. The van der Waals surface area contributed by atoms with Crippen molar-refractivity contribution in [3.8, 4) is 5.75 Å². The molecular formula is C18H30N2O. The number of rotatable bonds is 7. The smallest absolute Gasteiger partial charge is 0.124 e. The number of likely N-dealkylation sites (N-methyl/N-ethyl adjacent to an activating group) is 2. The second-order valence-electron chi connectivity index (χ2n) is 6.04. The highest BCUT2D eigenvalue weighted by Crippen LogP contribution is 2.28. The van der Waals surface area contributed by atoms with Gasteiger partial charge >= 0.3 is 0 Å². The molecule has 1 aromatic rings. The second kappa shape index (κ2) is 8.40. The summed E-state index contributed by atoms with van der Waals surface area (Å²) < 4.78 is 5.79. The molecule has 21 heavy (non-hydrogen) atoms. The van der Waals surface area contributed by atoms with E-state index in [4.69, 9.17) is 4.74 Å². The molecule has 1 aromatic carbocycles. The zero-order valence-corrected chi connectivity index (χ0v) is 13.8. The molecule has 1 N–H and O–H groups in total. The molecule has 0 bridgehead atoms. The van der Waals surface area contributed by atoms with Crippen LogP contribution < -0.4 is 10.1 Å². The van der Waals surface area contributed by atoms with Gasteiger partial charge in [0.15, 0.2) is 0 Å². The Bertz CT molecular complexity index is 415. The molecule has 3 heteroatoms. The largest absolute Gasteiger partial charge is 0.494 e. The van der Waals surface area contributed by atoms with Crippen molar-refractivity contribution in [2.24, 2.45) is 0 Å². The van der Waals surface area contributed by atoms with Gasteiger partial charge in [-0.15, -0.1) is 0 Å². The van der Waals surface area contributed by atoms with Crippen LogP contribution in [0.15, 0.2) is 24.3 Å². The summed E-state index contributed by atoms with van der Waals surface area (Å²) in [5.41, 5.74) is 1.27. The van der Waals surface area contributed by atoms with Crippen molar-refractivity contribution in [1.82, 2.24) is 10.2 Å². The van der Waals surface area contributed by atoms with Gasteiger partial charge in [-0.1, -0.05) is 37.5 Å². The van der Waals surface area contributed by atoms with Gasteiger partial charge in [-0.25, -0.2) is 0 Å². The molecule has 0 spiro atoms. The summed E-state index contributed by atoms with van der Waals surface area (Å²) >= 11 is 0. The van der Waals surface area contributed by atoms with Crippen LogP contribution in [0.2, 0.25) is 0 Å². The maximum Gasteiger partial charge on any atom is 0.124 e. The minimum absolute atomic E-state index is 0.319. The van der Waals surface area contributed by atoms with E-state index in [1.54, 1.807) is 0 Å². The van der Waals surface area contributed by atoms with Crippen molar-refractivity contribution in [2.45, 2.75) is 51.1 Å². The molecule has 1 unspecified atom stereocenters. The van der Waals surface area contributed by atoms with Gasteiger partial charge in [-0.05, 0) is 39.9 Å². The van der Waals surface area contributed by atoms with Gasteiger partial charge in [0, 0.05) is 24.2 Å². The Kier molecular flexibility index (Phi) is 6.52. The van der Waals surface area contributed by atoms with Crippen LogP contribution in [-0.2, 0) is 0 Å². The zero-order valence-electron chi connectivity index (χ0n) is 13.8. The van der Waals surface area contributed by atoms with Crippen molar-refractivity contribution < 1.29 is 4.74 Å². The Hall–Kier alpha value is -1.06. The van der Waals surface area contributed by atoms with Crippen LogP contribution in [0.3, 0.4) is 0 Å². The zero-order chi connectivity index (χ0) is 15.1. The number of ether oxygens (including phenoxy) is 1. The monoisotopic (exact) mass is 290 g/mol.